The summed E-state index contributed by atoms with van der Waals surface area (Å²) in [5.74, 6) is 1.52. The number of halogens is 4. The molecular formula is C19H22F3IN4O. The van der Waals surface area contributed by atoms with E-state index in [-0.39, 0.29) is 42.5 Å². The summed E-state index contributed by atoms with van der Waals surface area (Å²) in [5.41, 5.74) is 6.61. The number of hydrogen-bond acceptors (Lipinski definition) is 3. The summed E-state index contributed by atoms with van der Waals surface area (Å²) >= 11 is 0. The van der Waals surface area contributed by atoms with Gasteiger partial charge in [0.25, 0.3) is 0 Å². The van der Waals surface area contributed by atoms with Crippen LogP contribution in [0.2, 0.25) is 0 Å². The quantitative estimate of drug-likeness (QED) is 0.357. The van der Waals surface area contributed by atoms with Gasteiger partial charge in [-0.05, 0) is 30.7 Å². The number of guanidine groups is 1. The molecule has 0 aromatic heterocycles. The van der Waals surface area contributed by atoms with E-state index >= 15 is 0 Å². The molecule has 152 valence electrons. The Morgan fingerprint density at radius 3 is 2.57 bits per heavy atom. The van der Waals surface area contributed by atoms with Crippen LogP contribution in [0.1, 0.15) is 6.42 Å². The van der Waals surface area contributed by atoms with Gasteiger partial charge in [0.15, 0.2) is 5.96 Å². The number of likely N-dealkylation sites (tertiary alicyclic amines) is 1. The van der Waals surface area contributed by atoms with Crippen molar-refractivity contribution in [2.24, 2.45) is 10.7 Å². The average molecular weight is 506 g/mol. The van der Waals surface area contributed by atoms with E-state index in [2.05, 4.69) is 10.3 Å². The molecule has 2 aromatic carbocycles. The third-order valence-electron chi connectivity index (χ3n) is 4.06. The van der Waals surface area contributed by atoms with Gasteiger partial charge in [-0.3, -0.25) is 4.90 Å². The first kappa shape index (κ1) is 22.3. The van der Waals surface area contributed by atoms with Crippen molar-refractivity contribution in [2.45, 2.75) is 18.6 Å². The Morgan fingerprint density at radius 1 is 1.14 bits per heavy atom. The molecule has 3 rings (SSSR count). The fourth-order valence-electron chi connectivity index (χ4n) is 2.95. The van der Waals surface area contributed by atoms with E-state index in [4.69, 9.17) is 10.5 Å². The van der Waals surface area contributed by atoms with E-state index in [1.54, 1.807) is 6.07 Å². The Kier molecular flexibility index (Phi) is 7.93. The molecule has 1 aliphatic rings. The summed E-state index contributed by atoms with van der Waals surface area (Å²) in [6, 6.07) is 16.3. The molecule has 28 heavy (non-hydrogen) atoms. The van der Waals surface area contributed by atoms with Crippen LogP contribution in [-0.4, -0.2) is 42.7 Å². The third kappa shape index (κ3) is 7.19. The first-order valence-corrected chi connectivity index (χ1v) is 8.60. The second kappa shape index (κ2) is 9.97. The smallest absolute Gasteiger partial charge is 0.401 e. The number of hydrogen-bond donors (Lipinski definition) is 2. The molecule has 0 aliphatic carbocycles. The molecule has 0 spiro atoms. The van der Waals surface area contributed by atoms with Crippen LogP contribution in [0, 0.1) is 0 Å². The van der Waals surface area contributed by atoms with Crippen LogP contribution in [0.5, 0.6) is 11.5 Å². The molecule has 1 aliphatic heterocycles. The number of nitrogens with one attached hydrogen (secondary N) is 1. The minimum absolute atomic E-state index is 0. The van der Waals surface area contributed by atoms with Crippen molar-refractivity contribution in [2.75, 3.05) is 25.0 Å². The fraction of sp³-hybridized carbons (Fsp3) is 0.316. The molecule has 1 heterocycles. The number of nitrogens with zero attached hydrogens (tertiary/aromatic N) is 2. The molecule has 1 fully saturated rings. The largest absolute Gasteiger partial charge is 0.457 e. The molecule has 5 nitrogen and oxygen atoms in total. The number of alkyl halides is 3. The number of anilines is 1. The van der Waals surface area contributed by atoms with Gasteiger partial charge >= 0.3 is 6.18 Å². The highest BCUT2D eigenvalue weighted by molar-refractivity contribution is 14.0. The lowest BCUT2D eigenvalue weighted by Crippen LogP contribution is -2.33. The number of para-hydroxylation sites is 1. The summed E-state index contributed by atoms with van der Waals surface area (Å²) in [6.45, 7) is -0.300. The van der Waals surface area contributed by atoms with Crippen molar-refractivity contribution in [1.29, 1.82) is 0 Å². The summed E-state index contributed by atoms with van der Waals surface area (Å²) in [4.78, 5) is 5.64. The maximum Gasteiger partial charge on any atom is 0.401 e. The summed E-state index contributed by atoms with van der Waals surface area (Å²) in [5, 5.41) is 2.97. The first-order valence-electron chi connectivity index (χ1n) is 8.60. The number of benzene rings is 2. The molecule has 1 saturated heterocycles. The highest BCUT2D eigenvalue weighted by atomic mass is 127. The standard InChI is InChI=1S/C19H21F3N4O.HI/c20-19(21,22)13-26-10-9-15(12-26)25-18(23)24-14-5-4-8-17(11-14)27-16-6-2-1-3-7-16;/h1-8,11,15H,9-10,12-13H2,(H3,23,24,25);1H. The molecule has 0 saturated carbocycles. The van der Waals surface area contributed by atoms with E-state index in [0.717, 1.165) is 0 Å². The Bertz CT molecular complexity index is 786. The molecular weight excluding hydrogens is 484 g/mol. The normalized spacial score (nSPS) is 17.8. The second-order valence-corrected chi connectivity index (χ2v) is 6.38. The molecule has 0 radical (unpaired) electrons. The SMILES string of the molecule is I.NC(=NC1CCN(CC(F)(F)F)C1)Nc1cccc(Oc2ccccc2)c1. The van der Waals surface area contributed by atoms with Gasteiger partial charge in [0.05, 0.1) is 12.6 Å². The molecule has 0 amide bonds. The van der Waals surface area contributed by atoms with E-state index in [0.29, 0.717) is 30.2 Å². The summed E-state index contributed by atoms with van der Waals surface area (Å²) < 4.78 is 43.1. The Morgan fingerprint density at radius 2 is 1.86 bits per heavy atom. The first-order chi connectivity index (χ1) is 12.9. The molecule has 3 N–H and O–H groups in total. The van der Waals surface area contributed by atoms with Crippen LogP contribution in [0.15, 0.2) is 59.6 Å². The van der Waals surface area contributed by atoms with Gasteiger partial charge < -0.3 is 15.8 Å². The number of ether oxygens (including phenoxy) is 1. The Hall–Kier alpha value is -2.01. The lowest BCUT2D eigenvalue weighted by molar-refractivity contribution is -0.143. The number of nitrogens with two attached hydrogens (primary N) is 1. The van der Waals surface area contributed by atoms with Crippen LogP contribution in [-0.2, 0) is 0 Å². The van der Waals surface area contributed by atoms with Crippen molar-refractivity contribution in [3.8, 4) is 11.5 Å². The Balaban J connectivity index is 0.00000280. The fourth-order valence-corrected chi connectivity index (χ4v) is 2.95. The van der Waals surface area contributed by atoms with Crippen LogP contribution in [0.25, 0.3) is 0 Å². The highest BCUT2D eigenvalue weighted by Crippen LogP contribution is 2.24. The third-order valence-corrected chi connectivity index (χ3v) is 4.06. The van der Waals surface area contributed by atoms with Crippen molar-refractivity contribution in [3.63, 3.8) is 0 Å². The zero-order valence-corrected chi connectivity index (χ0v) is 17.4. The van der Waals surface area contributed by atoms with Crippen LogP contribution >= 0.6 is 24.0 Å². The predicted octanol–water partition coefficient (Wildman–Crippen LogP) is 4.46. The molecule has 0 bridgehead atoms. The van der Waals surface area contributed by atoms with Gasteiger partial charge in [0, 0.05) is 24.8 Å². The van der Waals surface area contributed by atoms with Crippen molar-refractivity contribution >= 4 is 35.6 Å². The van der Waals surface area contributed by atoms with Crippen LogP contribution in [0.4, 0.5) is 18.9 Å². The van der Waals surface area contributed by atoms with E-state index < -0.39 is 12.7 Å². The second-order valence-electron chi connectivity index (χ2n) is 6.38. The van der Waals surface area contributed by atoms with E-state index in [9.17, 15) is 13.2 Å². The summed E-state index contributed by atoms with van der Waals surface area (Å²) in [7, 11) is 0. The Labute approximate surface area is 178 Å². The predicted molar refractivity (Wildman–Crippen MR) is 115 cm³/mol. The lowest BCUT2D eigenvalue weighted by Gasteiger charge is -2.17. The van der Waals surface area contributed by atoms with Gasteiger partial charge in [-0.2, -0.15) is 13.2 Å². The summed E-state index contributed by atoms with van der Waals surface area (Å²) in [6.07, 6.45) is -3.64. The zero-order chi connectivity index (χ0) is 19.3. The maximum atomic E-state index is 12.5. The van der Waals surface area contributed by atoms with Crippen LogP contribution < -0.4 is 15.8 Å². The average Bonchev–Trinajstić information content (AvgIpc) is 3.00. The molecule has 1 unspecified atom stereocenters. The minimum atomic E-state index is -4.19. The van der Waals surface area contributed by atoms with Gasteiger partial charge in [-0.1, -0.05) is 24.3 Å². The molecule has 2 aromatic rings. The van der Waals surface area contributed by atoms with E-state index in [1.807, 2.05) is 48.5 Å². The van der Waals surface area contributed by atoms with Gasteiger partial charge in [-0.15, -0.1) is 24.0 Å². The van der Waals surface area contributed by atoms with Crippen molar-refractivity contribution in [3.05, 3.63) is 54.6 Å². The number of rotatable bonds is 5. The molecule has 1 atom stereocenters. The maximum absolute atomic E-state index is 12.5. The molecule has 9 heteroatoms. The monoisotopic (exact) mass is 506 g/mol. The van der Waals surface area contributed by atoms with Crippen molar-refractivity contribution < 1.29 is 17.9 Å². The minimum Gasteiger partial charge on any atom is -0.457 e. The van der Waals surface area contributed by atoms with Gasteiger partial charge in [-0.25, -0.2) is 4.99 Å². The van der Waals surface area contributed by atoms with E-state index in [1.165, 1.54) is 4.90 Å². The van der Waals surface area contributed by atoms with Crippen molar-refractivity contribution in [1.82, 2.24) is 4.90 Å². The zero-order valence-electron chi connectivity index (χ0n) is 15.0. The van der Waals surface area contributed by atoms with Gasteiger partial charge in [0.2, 0.25) is 0 Å². The highest BCUT2D eigenvalue weighted by Gasteiger charge is 2.34. The van der Waals surface area contributed by atoms with Gasteiger partial charge in [0.1, 0.15) is 11.5 Å². The topological polar surface area (TPSA) is 62.9 Å². The lowest BCUT2D eigenvalue weighted by atomic mass is 10.3. The number of aliphatic imine (C=N–C) groups is 1. The van der Waals surface area contributed by atoms with Crippen LogP contribution in [0.3, 0.4) is 0 Å².